The maximum absolute atomic E-state index is 3.70. The van der Waals surface area contributed by atoms with Gasteiger partial charge >= 0.3 is 0 Å². The normalized spacial score (nSPS) is 30.6. The van der Waals surface area contributed by atoms with Crippen molar-refractivity contribution < 1.29 is 0 Å². The molecule has 2 heteroatoms. The summed E-state index contributed by atoms with van der Waals surface area (Å²) in [5, 5.41) is 3.70. The van der Waals surface area contributed by atoms with Crippen LogP contribution >= 0.6 is 0 Å². The van der Waals surface area contributed by atoms with E-state index in [4.69, 9.17) is 0 Å². The molecule has 0 amide bonds. The molecule has 0 aromatic rings. The van der Waals surface area contributed by atoms with Crippen molar-refractivity contribution in [1.29, 1.82) is 0 Å². The molecule has 0 aromatic heterocycles. The average molecular weight is 264 g/mol. The van der Waals surface area contributed by atoms with E-state index in [-0.39, 0.29) is 0 Å². The van der Waals surface area contributed by atoms with Crippen LogP contribution in [0.3, 0.4) is 0 Å². The van der Waals surface area contributed by atoms with Crippen molar-refractivity contribution in [2.45, 2.75) is 77.3 Å². The Morgan fingerprint density at radius 2 is 1.68 bits per heavy atom. The molecule has 110 valence electrons. The highest BCUT2D eigenvalue weighted by Crippen LogP contribution is 2.46. The standard InChI is InChI=1S/C17H32N2/c1-14(13-18-16-5-6-16)15(2)19-11-9-17(10-12-19)7-3-4-8-17/h14-16,18H,3-13H2,1-2H3. The highest BCUT2D eigenvalue weighted by atomic mass is 15.2. The third-order valence-electron chi connectivity index (χ3n) is 6.23. The molecule has 3 rings (SSSR count). The molecule has 0 aromatic carbocycles. The van der Waals surface area contributed by atoms with Gasteiger partial charge in [0.2, 0.25) is 0 Å². The van der Waals surface area contributed by atoms with Gasteiger partial charge < -0.3 is 10.2 Å². The van der Waals surface area contributed by atoms with Crippen molar-refractivity contribution in [2.24, 2.45) is 11.3 Å². The van der Waals surface area contributed by atoms with Gasteiger partial charge in [0.05, 0.1) is 0 Å². The van der Waals surface area contributed by atoms with Gasteiger partial charge in [-0.3, -0.25) is 0 Å². The van der Waals surface area contributed by atoms with Gasteiger partial charge in [-0.2, -0.15) is 0 Å². The SMILES string of the molecule is CC(CNC1CC1)C(C)N1CCC2(CCCC2)CC1. The number of nitrogens with one attached hydrogen (secondary N) is 1. The van der Waals surface area contributed by atoms with E-state index in [1.807, 2.05) is 0 Å². The van der Waals surface area contributed by atoms with Gasteiger partial charge in [0.1, 0.15) is 0 Å². The summed E-state index contributed by atoms with van der Waals surface area (Å²) < 4.78 is 0. The van der Waals surface area contributed by atoms with Crippen LogP contribution < -0.4 is 5.32 Å². The van der Waals surface area contributed by atoms with E-state index >= 15 is 0 Å². The predicted octanol–water partition coefficient (Wildman–Crippen LogP) is 3.42. The Hall–Kier alpha value is -0.0800. The number of likely N-dealkylation sites (tertiary alicyclic amines) is 1. The lowest BCUT2D eigenvalue weighted by molar-refractivity contribution is 0.0626. The van der Waals surface area contributed by atoms with Gasteiger partial charge in [0.25, 0.3) is 0 Å². The van der Waals surface area contributed by atoms with Crippen LogP contribution in [0.15, 0.2) is 0 Å². The summed E-state index contributed by atoms with van der Waals surface area (Å²) >= 11 is 0. The summed E-state index contributed by atoms with van der Waals surface area (Å²) in [4.78, 5) is 2.77. The fourth-order valence-electron chi connectivity index (χ4n) is 4.20. The number of nitrogens with zero attached hydrogens (tertiary/aromatic N) is 1. The molecule has 2 aliphatic carbocycles. The summed E-state index contributed by atoms with van der Waals surface area (Å²) in [5.74, 6) is 0.790. The highest BCUT2D eigenvalue weighted by Gasteiger charge is 2.38. The third kappa shape index (κ3) is 3.33. The Labute approximate surface area is 119 Å². The maximum atomic E-state index is 3.70. The van der Waals surface area contributed by atoms with E-state index in [1.165, 1.54) is 71.0 Å². The van der Waals surface area contributed by atoms with Crippen LogP contribution in [-0.2, 0) is 0 Å². The monoisotopic (exact) mass is 264 g/mol. The second-order valence-electron chi connectivity index (χ2n) is 7.64. The summed E-state index contributed by atoms with van der Waals surface area (Å²) in [7, 11) is 0. The fraction of sp³-hybridized carbons (Fsp3) is 1.00. The zero-order valence-corrected chi connectivity index (χ0v) is 13.0. The maximum Gasteiger partial charge on any atom is 0.0105 e. The molecule has 3 aliphatic rings. The molecule has 2 nitrogen and oxygen atoms in total. The molecule has 2 atom stereocenters. The quantitative estimate of drug-likeness (QED) is 0.818. The minimum atomic E-state index is 0.755. The number of rotatable bonds is 5. The Morgan fingerprint density at radius 3 is 2.26 bits per heavy atom. The largest absolute Gasteiger partial charge is 0.314 e. The van der Waals surface area contributed by atoms with E-state index in [2.05, 4.69) is 24.1 Å². The minimum absolute atomic E-state index is 0.755. The Balaban J connectivity index is 1.43. The molecular weight excluding hydrogens is 232 g/mol. The van der Waals surface area contributed by atoms with Gasteiger partial charge in [-0.25, -0.2) is 0 Å². The lowest BCUT2D eigenvalue weighted by Crippen LogP contribution is -2.47. The van der Waals surface area contributed by atoms with Crippen molar-refractivity contribution in [3.05, 3.63) is 0 Å². The van der Waals surface area contributed by atoms with Crippen LogP contribution in [0.2, 0.25) is 0 Å². The first-order valence-electron chi connectivity index (χ1n) is 8.66. The summed E-state index contributed by atoms with van der Waals surface area (Å²) in [6.45, 7) is 8.81. The summed E-state index contributed by atoms with van der Waals surface area (Å²) in [5.41, 5.74) is 0.770. The average Bonchev–Trinajstić information content (AvgIpc) is 3.17. The molecule has 0 bridgehead atoms. The predicted molar refractivity (Wildman–Crippen MR) is 81.4 cm³/mol. The van der Waals surface area contributed by atoms with Gasteiger partial charge in [-0.15, -0.1) is 0 Å². The first-order chi connectivity index (χ1) is 9.19. The molecule has 1 heterocycles. The van der Waals surface area contributed by atoms with Gasteiger partial charge in [-0.05, 0) is 76.4 Å². The van der Waals surface area contributed by atoms with E-state index in [0.29, 0.717) is 0 Å². The second kappa shape index (κ2) is 5.73. The van der Waals surface area contributed by atoms with E-state index in [9.17, 15) is 0 Å². The molecule has 2 unspecified atom stereocenters. The van der Waals surface area contributed by atoms with Crippen LogP contribution in [0.4, 0.5) is 0 Å². The van der Waals surface area contributed by atoms with Crippen LogP contribution in [0.1, 0.15) is 65.2 Å². The molecule has 2 saturated carbocycles. The molecule has 1 N–H and O–H groups in total. The van der Waals surface area contributed by atoms with Crippen LogP contribution in [0.25, 0.3) is 0 Å². The van der Waals surface area contributed by atoms with Crippen LogP contribution in [0, 0.1) is 11.3 Å². The smallest absolute Gasteiger partial charge is 0.0105 e. The first kappa shape index (κ1) is 13.9. The molecular formula is C17H32N2. The molecule has 0 radical (unpaired) electrons. The Bertz CT molecular complexity index is 282. The number of piperidine rings is 1. The fourth-order valence-corrected chi connectivity index (χ4v) is 4.20. The van der Waals surface area contributed by atoms with Crippen molar-refractivity contribution >= 4 is 0 Å². The molecule has 1 saturated heterocycles. The van der Waals surface area contributed by atoms with Crippen molar-refractivity contribution in [3.63, 3.8) is 0 Å². The molecule has 19 heavy (non-hydrogen) atoms. The van der Waals surface area contributed by atoms with Crippen LogP contribution in [0.5, 0.6) is 0 Å². The topological polar surface area (TPSA) is 15.3 Å². The van der Waals surface area contributed by atoms with Crippen molar-refractivity contribution in [3.8, 4) is 0 Å². The summed E-state index contributed by atoms with van der Waals surface area (Å²) in [6.07, 6.45) is 11.8. The van der Waals surface area contributed by atoms with Crippen molar-refractivity contribution in [1.82, 2.24) is 10.2 Å². The molecule has 3 fully saturated rings. The van der Waals surface area contributed by atoms with E-state index in [0.717, 1.165) is 23.4 Å². The molecule has 1 aliphatic heterocycles. The highest BCUT2D eigenvalue weighted by molar-refractivity contribution is 4.92. The second-order valence-corrected chi connectivity index (χ2v) is 7.64. The Morgan fingerprint density at radius 1 is 1.05 bits per heavy atom. The van der Waals surface area contributed by atoms with Gasteiger partial charge in [0, 0.05) is 12.1 Å². The van der Waals surface area contributed by atoms with E-state index in [1.54, 1.807) is 0 Å². The Kier molecular flexibility index (Phi) is 4.19. The zero-order chi connectivity index (χ0) is 13.3. The zero-order valence-electron chi connectivity index (χ0n) is 13.0. The van der Waals surface area contributed by atoms with Gasteiger partial charge in [0.15, 0.2) is 0 Å². The van der Waals surface area contributed by atoms with Gasteiger partial charge in [-0.1, -0.05) is 19.8 Å². The van der Waals surface area contributed by atoms with E-state index < -0.39 is 0 Å². The lowest BCUT2D eigenvalue weighted by Gasteiger charge is -2.43. The molecule has 1 spiro atoms. The lowest BCUT2D eigenvalue weighted by atomic mass is 9.76. The number of hydrogen-bond acceptors (Lipinski definition) is 2. The third-order valence-corrected chi connectivity index (χ3v) is 6.23. The minimum Gasteiger partial charge on any atom is -0.314 e. The van der Waals surface area contributed by atoms with Crippen molar-refractivity contribution in [2.75, 3.05) is 19.6 Å². The first-order valence-corrected chi connectivity index (χ1v) is 8.66. The van der Waals surface area contributed by atoms with Crippen LogP contribution in [-0.4, -0.2) is 36.6 Å². The summed E-state index contributed by atoms with van der Waals surface area (Å²) in [6, 6.07) is 1.61. The number of hydrogen-bond donors (Lipinski definition) is 1.